The van der Waals surface area contributed by atoms with E-state index in [0.717, 1.165) is 23.1 Å². The van der Waals surface area contributed by atoms with E-state index in [1.807, 2.05) is 36.4 Å². The number of ether oxygens (including phenoxy) is 1. The Hall–Kier alpha value is -2.49. The van der Waals surface area contributed by atoms with E-state index < -0.39 is 5.97 Å². The predicted octanol–water partition coefficient (Wildman–Crippen LogP) is 3.04. The summed E-state index contributed by atoms with van der Waals surface area (Å²) in [6.07, 6.45) is 0.912. The first-order valence-corrected chi connectivity index (χ1v) is 6.90. The summed E-state index contributed by atoms with van der Waals surface area (Å²) in [5, 5.41) is 8.92. The number of nitrogen functional groups attached to an aromatic ring is 1. The number of rotatable bonds is 6. The number of aliphatic carboxylic acids is 1. The average molecular weight is 285 g/mol. The molecule has 0 spiro atoms. The summed E-state index contributed by atoms with van der Waals surface area (Å²) in [6, 6.07) is 13.1. The van der Waals surface area contributed by atoms with Gasteiger partial charge in [0.2, 0.25) is 0 Å². The Bertz CT molecular complexity index is 638. The van der Waals surface area contributed by atoms with E-state index in [4.69, 9.17) is 15.6 Å². The normalized spacial score (nSPS) is 10.3. The zero-order valence-electron chi connectivity index (χ0n) is 12.0. The van der Waals surface area contributed by atoms with Crippen LogP contribution in [0.2, 0.25) is 0 Å². The second kappa shape index (κ2) is 6.79. The third-order valence-corrected chi connectivity index (χ3v) is 3.33. The fourth-order valence-corrected chi connectivity index (χ4v) is 2.14. The fourth-order valence-electron chi connectivity index (χ4n) is 2.14. The van der Waals surface area contributed by atoms with Gasteiger partial charge in [0, 0.05) is 0 Å². The standard InChI is InChI=1S/C17H19NO3/c1-2-12-7-8-16(15(18)9-12)21-11-14-6-4-3-5-13(14)10-17(19)20/h3-9H,2,10-11,18H2,1H3,(H,19,20). The maximum Gasteiger partial charge on any atom is 0.307 e. The number of carboxylic acids is 1. The van der Waals surface area contributed by atoms with Crippen molar-refractivity contribution in [1.29, 1.82) is 0 Å². The third kappa shape index (κ3) is 3.99. The van der Waals surface area contributed by atoms with Gasteiger partial charge in [-0.1, -0.05) is 37.3 Å². The van der Waals surface area contributed by atoms with Crippen molar-refractivity contribution in [2.24, 2.45) is 0 Å². The van der Waals surface area contributed by atoms with E-state index in [0.29, 0.717) is 18.0 Å². The van der Waals surface area contributed by atoms with Crippen molar-refractivity contribution in [1.82, 2.24) is 0 Å². The molecule has 0 amide bonds. The average Bonchev–Trinajstić information content (AvgIpc) is 2.46. The summed E-state index contributed by atoms with van der Waals surface area (Å²) in [5.74, 6) is -0.230. The Kier molecular flexibility index (Phi) is 4.82. The van der Waals surface area contributed by atoms with Gasteiger partial charge >= 0.3 is 5.97 Å². The number of aryl methyl sites for hydroxylation is 1. The van der Waals surface area contributed by atoms with Crippen LogP contribution in [0.5, 0.6) is 5.75 Å². The van der Waals surface area contributed by atoms with E-state index in [2.05, 4.69) is 6.92 Å². The SMILES string of the molecule is CCc1ccc(OCc2ccccc2CC(=O)O)c(N)c1. The summed E-state index contributed by atoms with van der Waals surface area (Å²) >= 11 is 0. The number of hydrogen-bond acceptors (Lipinski definition) is 3. The topological polar surface area (TPSA) is 72.5 Å². The van der Waals surface area contributed by atoms with Crippen LogP contribution in [0.1, 0.15) is 23.6 Å². The Morgan fingerprint density at radius 3 is 2.52 bits per heavy atom. The van der Waals surface area contributed by atoms with Crippen molar-refractivity contribution in [2.75, 3.05) is 5.73 Å². The highest BCUT2D eigenvalue weighted by molar-refractivity contribution is 5.70. The molecule has 0 aliphatic heterocycles. The molecule has 2 rings (SSSR count). The van der Waals surface area contributed by atoms with Gasteiger partial charge in [-0.15, -0.1) is 0 Å². The van der Waals surface area contributed by atoms with Crippen molar-refractivity contribution in [3.05, 3.63) is 59.2 Å². The highest BCUT2D eigenvalue weighted by atomic mass is 16.5. The van der Waals surface area contributed by atoms with Crippen LogP contribution >= 0.6 is 0 Å². The minimum atomic E-state index is -0.853. The number of hydrogen-bond donors (Lipinski definition) is 2. The molecule has 0 radical (unpaired) electrons. The molecular weight excluding hydrogens is 266 g/mol. The number of carbonyl (C=O) groups is 1. The van der Waals surface area contributed by atoms with Crippen molar-refractivity contribution in [2.45, 2.75) is 26.4 Å². The van der Waals surface area contributed by atoms with Gasteiger partial charge in [-0.25, -0.2) is 0 Å². The molecule has 0 aromatic heterocycles. The molecule has 21 heavy (non-hydrogen) atoms. The van der Waals surface area contributed by atoms with Gasteiger partial charge in [0.05, 0.1) is 12.1 Å². The molecule has 0 atom stereocenters. The van der Waals surface area contributed by atoms with Gasteiger partial charge in [-0.2, -0.15) is 0 Å². The van der Waals surface area contributed by atoms with E-state index in [1.54, 1.807) is 6.07 Å². The second-order valence-corrected chi connectivity index (χ2v) is 4.85. The van der Waals surface area contributed by atoms with E-state index in [1.165, 1.54) is 0 Å². The highest BCUT2D eigenvalue weighted by Crippen LogP contribution is 2.24. The summed E-state index contributed by atoms with van der Waals surface area (Å²) in [4.78, 5) is 10.9. The first kappa shape index (κ1) is 14.9. The molecule has 2 aromatic rings. The predicted molar refractivity (Wildman–Crippen MR) is 82.3 cm³/mol. The molecule has 110 valence electrons. The molecule has 0 unspecified atom stereocenters. The largest absolute Gasteiger partial charge is 0.487 e. The lowest BCUT2D eigenvalue weighted by molar-refractivity contribution is -0.136. The van der Waals surface area contributed by atoms with Crippen LogP contribution in [-0.2, 0) is 24.2 Å². The Balaban J connectivity index is 2.11. The van der Waals surface area contributed by atoms with Gasteiger partial charge < -0.3 is 15.6 Å². The summed E-state index contributed by atoms with van der Waals surface area (Å²) in [5.41, 5.74) is 9.34. The number of benzene rings is 2. The zero-order chi connectivity index (χ0) is 15.2. The molecule has 0 aliphatic carbocycles. The minimum Gasteiger partial charge on any atom is -0.487 e. The van der Waals surface area contributed by atoms with E-state index in [-0.39, 0.29) is 6.42 Å². The van der Waals surface area contributed by atoms with Gasteiger partial charge in [0.25, 0.3) is 0 Å². The summed E-state index contributed by atoms with van der Waals surface area (Å²) in [7, 11) is 0. The van der Waals surface area contributed by atoms with Gasteiger partial charge in [0.1, 0.15) is 12.4 Å². The van der Waals surface area contributed by atoms with Crippen LogP contribution in [0.15, 0.2) is 42.5 Å². The van der Waals surface area contributed by atoms with Crippen molar-refractivity contribution in [3.8, 4) is 5.75 Å². The minimum absolute atomic E-state index is 0.0101. The van der Waals surface area contributed by atoms with E-state index in [9.17, 15) is 4.79 Å². The molecule has 3 N–H and O–H groups in total. The highest BCUT2D eigenvalue weighted by Gasteiger charge is 2.08. The zero-order valence-corrected chi connectivity index (χ0v) is 12.0. The maximum atomic E-state index is 10.9. The first-order chi connectivity index (χ1) is 10.1. The molecule has 0 fully saturated rings. The quantitative estimate of drug-likeness (QED) is 0.800. The molecule has 0 bridgehead atoms. The van der Waals surface area contributed by atoms with Crippen LogP contribution in [0.4, 0.5) is 5.69 Å². The Morgan fingerprint density at radius 2 is 1.90 bits per heavy atom. The maximum absolute atomic E-state index is 10.9. The monoisotopic (exact) mass is 285 g/mol. The van der Waals surface area contributed by atoms with Crippen molar-refractivity contribution >= 4 is 11.7 Å². The van der Waals surface area contributed by atoms with Crippen LogP contribution in [0, 0.1) is 0 Å². The summed E-state index contributed by atoms with van der Waals surface area (Å²) < 4.78 is 5.73. The lowest BCUT2D eigenvalue weighted by Crippen LogP contribution is -2.06. The molecule has 0 saturated heterocycles. The van der Waals surface area contributed by atoms with Crippen molar-refractivity contribution in [3.63, 3.8) is 0 Å². The smallest absolute Gasteiger partial charge is 0.307 e. The van der Waals surface area contributed by atoms with Gasteiger partial charge in [-0.3, -0.25) is 4.79 Å². The molecule has 4 heteroatoms. The van der Waals surface area contributed by atoms with Crippen LogP contribution in [0.25, 0.3) is 0 Å². The molecule has 0 heterocycles. The molecular formula is C17H19NO3. The van der Waals surface area contributed by atoms with E-state index >= 15 is 0 Å². The number of carboxylic acid groups (broad SMARTS) is 1. The lowest BCUT2D eigenvalue weighted by atomic mass is 10.1. The molecule has 4 nitrogen and oxygen atoms in total. The number of nitrogens with two attached hydrogens (primary N) is 1. The third-order valence-electron chi connectivity index (χ3n) is 3.33. The molecule has 2 aromatic carbocycles. The first-order valence-electron chi connectivity index (χ1n) is 6.90. The van der Waals surface area contributed by atoms with Crippen molar-refractivity contribution < 1.29 is 14.6 Å². The summed E-state index contributed by atoms with van der Waals surface area (Å²) in [6.45, 7) is 2.37. The van der Waals surface area contributed by atoms with Gasteiger partial charge in [-0.05, 0) is 35.2 Å². The van der Waals surface area contributed by atoms with Crippen LogP contribution in [-0.4, -0.2) is 11.1 Å². The molecule has 0 saturated carbocycles. The Morgan fingerprint density at radius 1 is 1.19 bits per heavy atom. The van der Waals surface area contributed by atoms with Crippen LogP contribution < -0.4 is 10.5 Å². The number of anilines is 1. The fraction of sp³-hybridized carbons (Fsp3) is 0.235. The Labute approximate surface area is 124 Å². The molecule has 0 aliphatic rings. The van der Waals surface area contributed by atoms with Gasteiger partial charge in [0.15, 0.2) is 0 Å². The second-order valence-electron chi connectivity index (χ2n) is 4.85. The lowest BCUT2D eigenvalue weighted by Gasteiger charge is -2.12. The van der Waals surface area contributed by atoms with Crippen LogP contribution in [0.3, 0.4) is 0 Å².